The van der Waals surface area contributed by atoms with Crippen LogP contribution >= 0.6 is 0 Å². The van der Waals surface area contributed by atoms with Gasteiger partial charge in [-0.1, -0.05) is 31.2 Å². The highest BCUT2D eigenvalue weighted by atomic mass is 16.5. The van der Waals surface area contributed by atoms with Crippen molar-refractivity contribution in [1.82, 2.24) is 0 Å². The fourth-order valence-electron chi connectivity index (χ4n) is 2.81. The highest BCUT2D eigenvalue weighted by Gasteiger charge is 2.17. The van der Waals surface area contributed by atoms with E-state index in [1.54, 1.807) is 0 Å². The van der Waals surface area contributed by atoms with Crippen molar-refractivity contribution < 1.29 is 19.0 Å². The molecule has 0 radical (unpaired) electrons. The SMILES string of the molecule is CCc1ccc(OCC(=O)Nc2ccccc2OCC2CCCO2)cc1. The van der Waals surface area contributed by atoms with Gasteiger partial charge in [0, 0.05) is 6.61 Å². The van der Waals surface area contributed by atoms with E-state index in [1.165, 1.54) is 5.56 Å². The second-order valence-corrected chi connectivity index (χ2v) is 6.28. The Balaban J connectivity index is 1.51. The van der Waals surface area contributed by atoms with Gasteiger partial charge in [0.15, 0.2) is 6.61 Å². The number of carbonyl (C=O) groups excluding carboxylic acids is 1. The summed E-state index contributed by atoms with van der Waals surface area (Å²) in [5.41, 5.74) is 1.87. The second-order valence-electron chi connectivity index (χ2n) is 6.28. The number of nitrogens with one attached hydrogen (secondary N) is 1. The van der Waals surface area contributed by atoms with Crippen molar-refractivity contribution in [2.24, 2.45) is 0 Å². The number of benzene rings is 2. The van der Waals surface area contributed by atoms with E-state index >= 15 is 0 Å². The number of anilines is 1. The largest absolute Gasteiger partial charge is 0.489 e. The van der Waals surface area contributed by atoms with Crippen molar-refractivity contribution in [3.8, 4) is 11.5 Å². The summed E-state index contributed by atoms with van der Waals surface area (Å²) in [4.78, 5) is 12.2. The molecule has 1 aliphatic rings. The van der Waals surface area contributed by atoms with Crippen molar-refractivity contribution in [3.63, 3.8) is 0 Å². The number of ether oxygens (including phenoxy) is 3. The van der Waals surface area contributed by atoms with E-state index in [2.05, 4.69) is 12.2 Å². The highest BCUT2D eigenvalue weighted by molar-refractivity contribution is 5.93. The summed E-state index contributed by atoms with van der Waals surface area (Å²) >= 11 is 0. The molecule has 0 aromatic heterocycles. The lowest BCUT2D eigenvalue weighted by molar-refractivity contribution is -0.118. The Bertz CT molecular complexity index is 708. The van der Waals surface area contributed by atoms with Crippen LogP contribution in [0.25, 0.3) is 0 Å². The maximum absolute atomic E-state index is 12.2. The Labute approximate surface area is 154 Å². The minimum Gasteiger partial charge on any atom is -0.489 e. The molecule has 0 aliphatic carbocycles. The van der Waals surface area contributed by atoms with Crippen LogP contribution in [-0.4, -0.2) is 31.8 Å². The van der Waals surface area contributed by atoms with E-state index < -0.39 is 0 Å². The lowest BCUT2D eigenvalue weighted by Gasteiger charge is -2.15. The first kappa shape index (κ1) is 18.3. The van der Waals surface area contributed by atoms with E-state index in [0.29, 0.717) is 23.8 Å². The van der Waals surface area contributed by atoms with Gasteiger partial charge in [-0.25, -0.2) is 0 Å². The van der Waals surface area contributed by atoms with Crippen molar-refractivity contribution in [2.75, 3.05) is 25.1 Å². The summed E-state index contributed by atoms with van der Waals surface area (Å²) in [7, 11) is 0. The Hall–Kier alpha value is -2.53. The van der Waals surface area contributed by atoms with Crippen LogP contribution in [-0.2, 0) is 16.0 Å². The van der Waals surface area contributed by atoms with Gasteiger partial charge in [0.1, 0.15) is 18.1 Å². The summed E-state index contributed by atoms with van der Waals surface area (Å²) in [5, 5.41) is 2.85. The zero-order valence-corrected chi connectivity index (χ0v) is 15.1. The van der Waals surface area contributed by atoms with Crippen molar-refractivity contribution >= 4 is 11.6 Å². The molecule has 1 atom stereocenters. The van der Waals surface area contributed by atoms with Crippen LogP contribution in [0.1, 0.15) is 25.3 Å². The van der Waals surface area contributed by atoms with E-state index in [9.17, 15) is 4.79 Å². The molecule has 0 spiro atoms. The second kappa shape index (κ2) is 9.25. The lowest BCUT2D eigenvalue weighted by atomic mass is 10.2. The summed E-state index contributed by atoms with van der Waals surface area (Å²) in [6.45, 7) is 3.34. The minimum atomic E-state index is -0.224. The van der Waals surface area contributed by atoms with Crippen molar-refractivity contribution in [3.05, 3.63) is 54.1 Å². The highest BCUT2D eigenvalue weighted by Crippen LogP contribution is 2.25. The maximum Gasteiger partial charge on any atom is 0.262 e. The third-order valence-corrected chi connectivity index (χ3v) is 4.31. The number of para-hydroxylation sites is 2. The van der Waals surface area contributed by atoms with Gasteiger partial charge in [0.25, 0.3) is 5.91 Å². The summed E-state index contributed by atoms with van der Waals surface area (Å²) in [5.74, 6) is 1.10. The molecule has 2 aromatic rings. The molecule has 1 heterocycles. The molecule has 1 saturated heterocycles. The molecule has 5 nitrogen and oxygen atoms in total. The standard InChI is InChI=1S/C21H25NO4/c1-2-16-9-11-17(12-10-16)25-15-21(23)22-19-7-3-4-8-20(19)26-14-18-6-5-13-24-18/h3-4,7-12,18H,2,5-6,13-15H2,1H3,(H,22,23). The normalized spacial score (nSPS) is 16.3. The van der Waals surface area contributed by atoms with Gasteiger partial charge in [0.05, 0.1) is 11.8 Å². The Kier molecular flexibility index (Phi) is 6.50. The van der Waals surface area contributed by atoms with Gasteiger partial charge in [-0.05, 0) is 49.1 Å². The van der Waals surface area contributed by atoms with Gasteiger partial charge in [0.2, 0.25) is 0 Å². The molecule has 138 valence electrons. The third kappa shape index (κ3) is 5.23. The zero-order valence-electron chi connectivity index (χ0n) is 15.1. The number of carbonyl (C=O) groups is 1. The number of hydrogen-bond donors (Lipinski definition) is 1. The molecular formula is C21H25NO4. The molecule has 1 fully saturated rings. The van der Waals surface area contributed by atoms with Gasteiger partial charge in [-0.15, -0.1) is 0 Å². The summed E-state index contributed by atoms with van der Waals surface area (Å²) < 4.78 is 16.9. The summed E-state index contributed by atoms with van der Waals surface area (Å²) in [6, 6.07) is 15.2. The molecule has 1 N–H and O–H groups in total. The topological polar surface area (TPSA) is 56.8 Å². The maximum atomic E-state index is 12.2. The fraction of sp³-hybridized carbons (Fsp3) is 0.381. The Morgan fingerprint density at radius 3 is 2.69 bits per heavy atom. The number of amides is 1. The summed E-state index contributed by atoms with van der Waals surface area (Å²) in [6.07, 6.45) is 3.19. The average molecular weight is 355 g/mol. The van der Waals surface area contributed by atoms with Crippen molar-refractivity contribution in [2.45, 2.75) is 32.3 Å². The van der Waals surface area contributed by atoms with Crippen LogP contribution < -0.4 is 14.8 Å². The predicted molar refractivity (Wildman–Crippen MR) is 101 cm³/mol. The average Bonchev–Trinajstić information content (AvgIpc) is 3.20. The minimum absolute atomic E-state index is 0.0501. The van der Waals surface area contributed by atoms with E-state index in [-0.39, 0.29) is 18.6 Å². The van der Waals surface area contributed by atoms with Gasteiger partial charge in [-0.3, -0.25) is 4.79 Å². The fourth-order valence-corrected chi connectivity index (χ4v) is 2.81. The Morgan fingerprint density at radius 1 is 1.15 bits per heavy atom. The van der Waals surface area contributed by atoms with E-state index in [4.69, 9.17) is 14.2 Å². The molecule has 0 bridgehead atoms. The first-order valence-corrected chi connectivity index (χ1v) is 9.09. The zero-order chi connectivity index (χ0) is 18.2. The molecule has 2 aromatic carbocycles. The number of rotatable bonds is 8. The molecule has 5 heteroatoms. The number of aryl methyl sites for hydroxylation is 1. The van der Waals surface area contributed by atoms with E-state index in [0.717, 1.165) is 25.9 Å². The van der Waals surface area contributed by atoms with Gasteiger partial charge < -0.3 is 19.5 Å². The molecule has 1 aliphatic heterocycles. The van der Waals surface area contributed by atoms with Gasteiger partial charge >= 0.3 is 0 Å². The lowest BCUT2D eigenvalue weighted by Crippen LogP contribution is -2.21. The van der Waals surface area contributed by atoms with Gasteiger partial charge in [-0.2, -0.15) is 0 Å². The molecule has 26 heavy (non-hydrogen) atoms. The van der Waals surface area contributed by atoms with Crippen LogP contribution in [0.3, 0.4) is 0 Å². The quantitative estimate of drug-likeness (QED) is 0.782. The van der Waals surface area contributed by atoms with Crippen LogP contribution in [0.4, 0.5) is 5.69 Å². The Morgan fingerprint density at radius 2 is 1.96 bits per heavy atom. The first-order chi connectivity index (χ1) is 12.7. The molecule has 1 amide bonds. The third-order valence-electron chi connectivity index (χ3n) is 4.31. The number of hydrogen-bond acceptors (Lipinski definition) is 4. The first-order valence-electron chi connectivity index (χ1n) is 9.09. The van der Waals surface area contributed by atoms with Crippen LogP contribution in [0.2, 0.25) is 0 Å². The molecule has 3 rings (SSSR count). The molecular weight excluding hydrogens is 330 g/mol. The van der Waals surface area contributed by atoms with Crippen LogP contribution in [0, 0.1) is 0 Å². The predicted octanol–water partition coefficient (Wildman–Crippen LogP) is 3.82. The smallest absolute Gasteiger partial charge is 0.262 e. The monoisotopic (exact) mass is 355 g/mol. The molecule has 0 saturated carbocycles. The van der Waals surface area contributed by atoms with Crippen molar-refractivity contribution in [1.29, 1.82) is 0 Å². The van der Waals surface area contributed by atoms with Crippen LogP contribution in [0.15, 0.2) is 48.5 Å². The van der Waals surface area contributed by atoms with Crippen LogP contribution in [0.5, 0.6) is 11.5 Å². The van der Waals surface area contributed by atoms with E-state index in [1.807, 2.05) is 48.5 Å². The molecule has 1 unspecified atom stereocenters.